The molecule has 0 aliphatic heterocycles. The Labute approximate surface area is 312 Å². The van der Waals surface area contributed by atoms with Crippen molar-refractivity contribution >= 4 is 65.3 Å². The van der Waals surface area contributed by atoms with E-state index in [9.17, 15) is 0 Å². The third-order valence-electron chi connectivity index (χ3n) is 11.1. The van der Waals surface area contributed by atoms with Crippen molar-refractivity contribution in [3.8, 4) is 34.0 Å². The van der Waals surface area contributed by atoms with Crippen LogP contribution in [-0.2, 0) is 0 Å². The van der Waals surface area contributed by atoms with Crippen LogP contribution in [0.5, 0.6) is 0 Å². The summed E-state index contributed by atoms with van der Waals surface area (Å²) in [5.41, 5.74) is 13.4. The maximum atomic E-state index is 5.50. The second-order valence-electron chi connectivity index (χ2n) is 14.4. The van der Waals surface area contributed by atoms with Crippen molar-refractivity contribution in [2.45, 2.75) is 13.8 Å². The van der Waals surface area contributed by atoms with Crippen molar-refractivity contribution < 1.29 is 0 Å². The molecule has 0 amide bonds. The molecular weight excluding hydrogens is 657 g/mol. The number of nitrogens with zero attached hydrogens (tertiary/aromatic N) is 4. The van der Waals surface area contributed by atoms with E-state index in [0.717, 1.165) is 49.7 Å². The molecule has 0 spiro atoms. The molecule has 254 valence electrons. The molecule has 54 heavy (non-hydrogen) atoms. The van der Waals surface area contributed by atoms with Crippen LogP contribution in [0.1, 0.15) is 11.1 Å². The van der Waals surface area contributed by atoms with Crippen molar-refractivity contribution in [3.05, 3.63) is 181 Å². The normalized spacial score (nSPS) is 11.9. The molecule has 4 nitrogen and oxygen atoms in total. The summed E-state index contributed by atoms with van der Waals surface area (Å²) in [7, 11) is 0. The number of hydrogen-bond acceptors (Lipinski definition) is 2. The van der Waals surface area contributed by atoms with Gasteiger partial charge >= 0.3 is 0 Å². The molecule has 0 unspecified atom stereocenters. The standard InChI is InChI=1S/C50H34N4/c1-31-12-11-15-35(26-31)41-30-43-44(27-32(41)2)51-50(52-49(43)36-23-22-33-13-3-4-14-34(33)28-36)54-47-21-10-7-18-40(47)42-29-37(24-25-48(42)54)53-45-19-8-5-16-38(45)39-17-6-9-20-46(39)53/h3-30H,1-2H3. The van der Waals surface area contributed by atoms with E-state index in [1.807, 2.05) is 0 Å². The highest BCUT2D eigenvalue weighted by molar-refractivity contribution is 6.12. The van der Waals surface area contributed by atoms with Gasteiger partial charge in [-0.05, 0) is 95.9 Å². The van der Waals surface area contributed by atoms with Crippen molar-refractivity contribution in [3.63, 3.8) is 0 Å². The highest BCUT2D eigenvalue weighted by Crippen LogP contribution is 2.39. The lowest BCUT2D eigenvalue weighted by Gasteiger charge is -2.15. The van der Waals surface area contributed by atoms with Crippen molar-refractivity contribution in [1.29, 1.82) is 0 Å². The van der Waals surface area contributed by atoms with Gasteiger partial charge in [0.25, 0.3) is 0 Å². The Balaban J connectivity index is 1.18. The first-order chi connectivity index (χ1) is 26.6. The number of aryl methyl sites for hydroxylation is 2. The summed E-state index contributed by atoms with van der Waals surface area (Å²) >= 11 is 0. The van der Waals surface area contributed by atoms with E-state index in [1.54, 1.807) is 0 Å². The molecule has 0 saturated heterocycles. The van der Waals surface area contributed by atoms with Crippen LogP contribution in [0.25, 0.3) is 99.3 Å². The van der Waals surface area contributed by atoms with Crippen LogP contribution in [0.2, 0.25) is 0 Å². The number of hydrogen-bond donors (Lipinski definition) is 0. The second kappa shape index (κ2) is 11.7. The fourth-order valence-electron chi connectivity index (χ4n) is 8.56. The summed E-state index contributed by atoms with van der Waals surface area (Å²) in [4.78, 5) is 10.9. The van der Waals surface area contributed by atoms with Crippen LogP contribution in [0, 0.1) is 13.8 Å². The van der Waals surface area contributed by atoms with Crippen LogP contribution in [0.15, 0.2) is 170 Å². The quantitative estimate of drug-likeness (QED) is 0.184. The van der Waals surface area contributed by atoms with Gasteiger partial charge in [-0.3, -0.25) is 4.57 Å². The van der Waals surface area contributed by atoms with Crippen molar-refractivity contribution in [2.75, 3.05) is 0 Å². The van der Waals surface area contributed by atoms with Gasteiger partial charge in [-0.2, -0.15) is 0 Å². The van der Waals surface area contributed by atoms with Crippen LogP contribution >= 0.6 is 0 Å². The van der Waals surface area contributed by atoms with Crippen molar-refractivity contribution in [1.82, 2.24) is 19.1 Å². The minimum Gasteiger partial charge on any atom is -0.309 e. The molecule has 11 rings (SSSR count). The first-order valence-electron chi connectivity index (χ1n) is 18.5. The van der Waals surface area contributed by atoms with Gasteiger partial charge in [0.15, 0.2) is 0 Å². The van der Waals surface area contributed by atoms with E-state index in [-0.39, 0.29) is 0 Å². The minimum atomic E-state index is 0.657. The SMILES string of the molecule is Cc1cccc(-c2cc3c(-c4ccc5ccccc5c4)nc(-n4c5ccccc5c5cc(-n6c7ccccc7c7ccccc76)ccc54)nc3cc2C)c1. The lowest BCUT2D eigenvalue weighted by atomic mass is 9.95. The van der Waals surface area contributed by atoms with Crippen molar-refractivity contribution in [2.24, 2.45) is 0 Å². The lowest BCUT2D eigenvalue weighted by molar-refractivity contribution is 1.01. The Morgan fingerprint density at radius 1 is 0.407 bits per heavy atom. The molecule has 0 saturated carbocycles. The smallest absolute Gasteiger partial charge is 0.235 e. The summed E-state index contributed by atoms with van der Waals surface area (Å²) in [6.07, 6.45) is 0. The van der Waals surface area contributed by atoms with Crippen LogP contribution in [-0.4, -0.2) is 19.1 Å². The summed E-state index contributed by atoms with van der Waals surface area (Å²) in [6, 6.07) is 61.2. The monoisotopic (exact) mass is 690 g/mol. The van der Waals surface area contributed by atoms with E-state index in [4.69, 9.17) is 9.97 Å². The predicted molar refractivity (Wildman–Crippen MR) is 226 cm³/mol. The summed E-state index contributed by atoms with van der Waals surface area (Å²) in [5.74, 6) is 0.657. The molecule has 0 aliphatic carbocycles. The van der Waals surface area contributed by atoms with Crippen LogP contribution < -0.4 is 0 Å². The van der Waals surface area contributed by atoms with E-state index >= 15 is 0 Å². The Morgan fingerprint density at radius 3 is 1.80 bits per heavy atom. The highest BCUT2D eigenvalue weighted by Gasteiger charge is 2.20. The molecule has 4 heteroatoms. The van der Waals surface area contributed by atoms with Gasteiger partial charge in [0, 0.05) is 38.2 Å². The fourth-order valence-corrected chi connectivity index (χ4v) is 8.56. The molecule has 0 radical (unpaired) electrons. The molecule has 8 aromatic carbocycles. The zero-order valence-electron chi connectivity index (χ0n) is 30.0. The first-order valence-corrected chi connectivity index (χ1v) is 18.5. The molecule has 0 bridgehead atoms. The largest absolute Gasteiger partial charge is 0.309 e. The molecular formula is C50H34N4. The topological polar surface area (TPSA) is 35.6 Å². The number of aromatic nitrogens is 4. The molecule has 3 heterocycles. The average Bonchev–Trinajstić information content (AvgIpc) is 3.72. The van der Waals surface area contributed by atoms with Gasteiger partial charge in [-0.25, -0.2) is 9.97 Å². The van der Waals surface area contributed by atoms with Gasteiger partial charge in [-0.15, -0.1) is 0 Å². The van der Waals surface area contributed by atoms with E-state index in [2.05, 4.69) is 193 Å². The van der Waals surface area contributed by atoms with E-state index in [1.165, 1.54) is 54.8 Å². The number of rotatable bonds is 4. The van der Waals surface area contributed by atoms with Gasteiger partial charge in [-0.1, -0.05) is 121 Å². The maximum absolute atomic E-state index is 5.50. The van der Waals surface area contributed by atoms with E-state index < -0.39 is 0 Å². The predicted octanol–water partition coefficient (Wildman–Crippen LogP) is 12.9. The Hall–Kier alpha value is -7.04. The average molecular weight is 691 g/mol. The fraction of sp³-hybridized carbons (Fsp3) is 0.0400. The van der Waals surface area contributed by atoms with E-state index in [0.29, 0.717) is 5.95 Å². The number of benzene rings is 8. The zero-order valence-corrected chi connectivity index (χ0v) is 30.0. The Kier molecular flexibility index (Phi) is 6.65. The third-order valence-corrected chi connectivity index (χ3v) is 11.1. The number of para-hydroxylation sites is 3. The maximum Gasteiger partial charge on any atom is 0.235 e. The third kappa shape index (κ3) is 4.63. The minimum absolute atomic E-state index is 0.657. The van der Waals surface area contributed by atoms with Gasteiger partial charge < -0.3 is 4.57 Å². The van der Waals surface area contributed by atoms with Gasteiger partial charge in [0.2, 0.25) is 5.95 Å². The first kappa shape index (κ1) is 30.6. The summed E-state index contributed by atoms with van der Waals surface area (Å²) < 4.78 is 4.63. The highest BCUT2D eigenvalue weighted by atomic mass is 15.2. The summed E-state index contributed by atoms with van der Waals surface area (Å²) in [6.45, 7) is 4.33. The molecule has 0 N–H and O–H groups in total. The molecule has 3 aromatic heterocycles. The van der Waals surface area contributed by atoms with Gasteiger partial charge in [0.1, 0.15) is 0 Å². The second-order valence-corrected chi connectivity index (χ2v) is 14.4. The van der Waals surface area contributed by atoms with Crippen LogP contribution in [0.4, 0.5) is 0 Å². The van der Waals surface area contributed by atoms with Gasteiger partial charge in [0.05, 0.1) is 33.3 Å². The number of fused-ring (bicyclic) bond motifs is 8. The molecule has 0 aliphatic rings. The lowest BCUT2D eigenvalue weighted by Crippen LogP contribution is -2.04. The molecule has 0 atom stereocenters. The molecule has 11 aromatic rings. The van der Waals surface area contributed by atoms with Crippen LogP contribution in [0.3, 0.4) is 0 Å². The Bertz CT molecular complexity index is 3260. The summed E-state index contributed by atoms with van der Waals surface area (Å²) in [5, 5.41) is 8.25. The Morgan fingerprint density at radius 2 is 1.06 bits per heavy atom. The zero-order chi connectivity index (χ0) is 35.9. The molecule has 0 fully saturated rings.